The van der Waals surface area contributed by atoms with E-state index in [0.29, 0.717) is 5.88 Å². The van der Waals surface area contributed by atoms with Crippen molar-refractivity contribution in [2.45, 2.75) is 6.92 Å². The third-order valence-electron chi connectivity index (χ3n) is 3.07. The van der Waals surface area contributed by atoms with Crippen LogP contribution in [0.5, 0.6) is 5.88 Å². The number of ether oxygens (including phenoxy) is 1. The van der Waals surface area contributed by atoms with Crippen LogP contribution in [0.1, 0.15) is 5.56 Å². The van der Waals surface area contributed by atoms with Gasteiger partial charge in [0.25, 0.3) is 0 Å². The highest BCUT2D eigenvalue weighted by Gasteiger charge is 2.10. The first kappa shape index (κ1) is 11.7. The molecular formula is C16H14N2O. The highest BCUT2D eigenvalue weighted by molar-refractivity contribution is 5.85. The lowest BCUT2D eigenvalue weighted by molar-refractivity contribution is 0.401. The first-order valence-electron chi connectivity index (χ1n) is 6.15. The van der Waals surface area contributed by atoms with Gasteiger partial charge in [0, 0.05) is 11.6 Å². The summed E-state index contributed by atoms with van der Waals surface area (Å²) in [6, 6.07) is 14.1. The molecule has 2 heterocycles. The highest BCUT2D eigenvalue weighted by atomic mass is 16.5. The van der Waals surface area contributed by atoms with Crippen LogP contribution in [0.2, 0.25) is 0 Å². The van der Waals surface area contributed by atoms with Crippen LogP contribution in [0.3, 0.4) is 0 Å². The van der Waals surface area contributed by atoms with Gasteiger partial charge in [-0.3, -0.25) is 4.98 Å². The van der Waals surface area contributed by atoms with Crippen molar-refractivity contribution in [2.75, 3.05) is 7.11 Å². The molecular weight excluding hydrogens is 236 g/mol. The molecule has 0 N–H and O–H groups in total. The van der Waals surface area contributed by atoms with E-state index in [1.807, 2.05) is 43.3 Å². The number of para-hydroxylation sites is 1. The fraction of sp³-hybridized carbons (Fsp3) is 0.125. The summed E-state index contributed by atoms with van der Waals surface area (Å²) < 4.78 is 5.40. The summed E-state index contributed by atoms with van der Waals surface area (Å²) in [6.45, 7) is 2.05. The van der Waals surface area contributed by atoms with Crippen molar-refractivity contribution < 1.29 is 4.74 Å². The number of aromatic nitrogens is 2. The summed E-state index contributed by atoms with van der Waals surface area (Å²) in [5.74, 6) is 0.608. The zero-order chi connectivity index (χ0) is 13.2. The monoisotopic (exact) mass is 250 g/mol. The summed E-state index contributed by atoms with van der Waals surface area (Å²) in [5, 5.41) is 1.08. The summed E-state index contributed by atoms with van der Waals surface area (Å²) in [4.78, 5) is 8.94. The Bertz CT molecular complexity index is 738. The number of methoxy groups -OCH3 is 1. The smallest absolute Gasteiger partial charge is 0.223 e. The number of hydrogen-bond donors (Lipinski definition) is 0. The second kappa shape index (κ2) is 4.69. The normalized spacial score (nSPS) is 10.6. The van der Waals surface area contributed by atoms with Gasteiger partial charge in [-0.2, -0.15) is 0 Å². The predicted octanol–water partition coefficient (Wildman–Crippen LogP) is 3.61. The standard InChI is InChI=1S/C16H14N2O/c1-11-7-8-17-15(9-11)13-10-12-5-3-4-6-14(12)18-16(13)19-2/h3-10H,1-2H3. The quantitative estimate of drug-likeness (QED) is 0.696. The van der Waals surface area contributed by atoms with Crippen LogP contribution < -0.4 is 4.74 Å². The van der Waals surface area contributed by atoms with E-state index in [9.17, 15) is 0 Å². The minimum absolute atomic E-state index is 0.608. The first-order chi connectivity index (χ1) is 9.28. The summed E-state index contributed by atoms with van der Waals surface area (Å²) in [7, 11) is 1.64. The molecule has 0 fully saturated rings. The minimum atomic E-state index is 0.608. The van der Waals surface area contributed by atoms with Gasteiger partial charge in [0.2, 0.25) is 5.88 Å². The molecule has 94 valence electrons. The maximum atomic E-state index is 5.40. The fourth-order valence-electron chi connectivity index (χ4n) is 2.12. The third-order valence-corrected chi connectivity index (χ3v) is 3.07. The summed E-state index contributed by atoms with van der Waals surface area (Å²) in [5.41, 5.74) is 3.90. The average molecular weight is 250 g/mol. The van der Waals surface area contributed by atoms with Gasteiger partial charge < -0.3 is 4.74 Å². The molecule has 3 aromatic rings. The van der Waals surface area contributed by atoms with Crippen molar-refractivity contribution in [1.29, 1.82) is 0 Å². The Balaban J connectivity index is 2.27. The number of aryl methyl sites for hydroxylation is 1. The molecule has 0 aliphatic rings. The molecule has 1 aromatic carbocycles. The maximum Gasteiger partial charge on any atom is 0.223 e. The second-order valence-corrected chi connectivity index (χ2v) is 4.46. The molecule has 0 amide bonds. The molecule has 2 aromatic heterocycles. The van der Waals surface area contributed by atoms with Crippen LogP contribution in [-0.4, -0.2) is 17.1 Å². The van der Waals surface area contributed by atoms with Crippen LogP contribution in [0, 0.1) is 6.92 Å². The van der Waals surface area contributed by atoms with Crippen LogP contribution in [-0.2, 0) is 0 Å². The molecule has 0 saturated heterocycles. The molecule has 0 aliphatic carbocycles. The number of benzene rings is 1. The lowest BCUT2D eigenvalue weighted by Gasteiger charge is -2.09. The van der Waals surface area contributed by atoms with Gasteiger partial charge in [-0.05, 0) is 36.8 Å². The van der Waals surface area contributed by atoms with Crippen LogP contribution in [0.15, 0.2) is 48.7 Å². The Morgan fingerprint density at radius 3 is 2.68 bits per heavy atom. The zero-order valence-corrected chi connectivity index (χ0v) is 10.9. The van der Waals surface area contributed by atoms with Crippen molar-refractivity contribution in [2.24, 2.45) is 0 Å². The largest absolute Gasteiger partial charge is 0.480 e. The number of hydrogen-bond acceptors (Lipinski definition) is 3. The topological polar surface area (TPSA) is 35.0 Å². The SMILES string of the molecule is COc1nc2ccccc2cc1-c1cc(C)ccn1. The molecule has 0 saturated carbocycles. The molecule has 0 unspecified atom stereocenters. The van der Waals surface area contributed by atoms with Crippen molar-refractivity contribution >= 4 is 10.9 Å². The van der Waals surface area contributed by atoms with Gasteiger partial charge in [-0.15, -0.1) is 0 Å². The maximum absolute atomic E-state index is 5.40. The Hall–Kier alpha value is -2.42. The van der Waals surface area contributed by atoms with Crippen LogP contribution in [0.4, 0.5) is 0 Å². The van der Waals surface area contributed by atoms with E-state index in [2.05, 4.69) is 16.0 Å². The molecule has 0 bridgehead atoms. The van der Waals surface area contributed by atoms with E-state index >= 15 is 0 Å². The molecule has 0 radical (unpaired) electrons. The molecule has 3 nitrogen and oxygen atoms in total. The number of fused-ring (bicyclic) bond motifs is 1. The lowest BCUT2D eigenvalue weighted by Crippen LogP contribution is -1.94. The lowest BCUT2D eigenvalue weighted by atomic mass is 10.1. The van der Waals surface area contributed by atoms with E-state index in [0.717, 1.165) is 22.2 Å². The van der Waals surface area contributed by atoms with E-state index < -0.39 is 0 Å². The Kier molecular flexibility index (Phi) is 2.88. The van der Waals surface area contributed by atoms with Crippen molar-refractivity contribution in [3.63, 3.8) is 0 Å². The molecule has 0 spiro atoms. The summed E-state index contributed by atoms with van der Waals surface area (Å²) >= 11 is 0. The molecule has 19 heavy (non-hydrogen) atoms. The zero-order valence-electron chi connectivity index (χ0n) is 10.9. The van der Waals surface area contributed by atoms with E-state index in [-0.39, 0.29) is 0 Å². The number of rotatable bonds is 2. The number of pyridine rings is 2. The highest BCUT2D eigenvalue weighted by Crippen LogP contribution is 2.30. The van der Waals surface area contributed by atoms with Gasteiger partial charge in [-0.1, -0.05) is 18.2 Å². The van der Waals surface area contributed by atoms with Crippen molar-refractivity contribution in [3.05, 3.63) is 54.2 Å². The van der Waals surface area contributed by atoms with Gasteiger partial charge in [0.05, 0.1) is 23.9 Å². The molecule has 0 aliphatic heterocycles. The van der Waals surface area contributed by atoms with Crippen molar-refractivity contribution in [3.8, 4) is 17.1 Å². The van der Waals surface area contributed by atoms with E-state index in [1.54, 1.807) is 13.3 Å². The Morgan fingerprint density at radius 1 is 1.05 bits per heavy atom. The predicted molar refractivity (Wildman–Crippen MR) is 76.3 cm³/mol. The van der Waals surface area contributed by atoms with Crippen LogP contribution in [0.25, 0.3) is 22.2 Å². The Morgan fingerprint density at radius 2 is 1.89 bits per heavy atom. The van der Waals surface area contributed by atoms with Crippen LogP contribution >= 0.6 is 0 Å². The van der Waals surface area contributed by atoms with Gasteiger partial charge >= 0.3 is 0 Å². The molecule has 3 rings (SSSR count). The van der Waals surface area contributed by atoms with Gasteiger partial charge in [-0.25, -0.2) is 4.98 Å². The average Bonchev–Trinajstić information content (AvgIpc) is 2.46. The molecule has 0 atom stereocenters. The van der Waals surface area contributed by atoms with E-state index in [1.165, 1.54) is 5.56 Å². The second-order valence-electron chi connectivity index (χ2n) is 4.46. The van der Waals surface area contributed by atoms with Gasteiger partial charge in [0.1, 0.15) is 0 Å². The third kappa shape index (κ3) is 2.15. The molecule has 3 heteroatoms. The number of nitrogens with zero attached hydrogens (tertiary/aromatic N) is 2. The first-order valence-corrected chi connectivity index (χ1v) is 6.15. The minimum Gasteiger partial charge on any atom is -0.480 e. The van der Waals surface area contributed by atoms with Gasteiger partial charge in [0.15, 0.2) is 0 Å². The summed E-state index contributed by atoms with van der Waals surface area (Å²) in [6.07, 6.45) is 1.80. The van der Waals surface area contributed by atoms with Crippen molar-refractivity contribution in [1.82, 2.24) is 9.97 Å². The Labute approximate surface area is 111 Å². The van der Waals surface area contributed by atoms with E-state index in [4.69, 9.17) is 4.74 Å². The fourth-order valence-corrected chi connectivity index (χ4v) is 2.12.